The third kappa shape index (κ3) is 7.01. The normalized spacial score (nSPS) is 26.4. The van der Waals surface area contributed by atoms with E-state index < -0.39 is 11.2 Å². The maximum absolute atomic E-state index is 13.3. The summed E-state index contributed by atoms with van der Waals surface area (Å²) in [6.45, 7) is 15.8. The lowest BCUT2D eigenvalue weighted by atomic mass is 9.81. The Kier molecular flexibility index (Phi) is 9.28. The van der Waals surface area contributed by atoms with E-state index in [0.29, 0.717) is 11.8 Å². The Bertz CT molecular complexity index is 2220. The molecule has 0 spiro atoms. The number of amides is 2. The van der Waals surface area contributed by atoms with Crippen molar-refractivity contribution in [2.45, 2.75) is 160 Å². The van der Waals surface area contributed by atoms with Crippen molar-refractivity contribution in [2.75, 3.05) is 0 Å². The summed E-state index contributed by atoms with van der Waals surface area (Å²) in [5.41, 5.74) is 14.1. The third-order valence-electron chi connectivity index (χ3n) is 13.2. The predicted octanol–water partition coefficient (Wildman–Crippen LogP) is 11.8. The van der Waals surface area contributed by atoms with Gasteiger partial charge in [0.2, 0.25) is 0 Å². The van der Waals surface area contributed by atoms with Gasteiger partial charge in [-0.15, -0.1) is 0 Å². The molecule has 57 heavy (non-hydrogen) atoms. The zero-order chi connectivity index (χ0) is 40.0. The molecule has 0 aromatic heterocycles. The van der Waals surface area contributed by atoms with Gasteiger partial charge in [0, 0.05) is 42.5 Å². The zero-order valence-corrected chi connectivity index (χ0v) is 35.0. The van der Waals surface area contributed by atoms with E-state index in [9.17, 15) is 9.59 Å². The van der Waals surface area contributed by atoms with Crippen LogP contribution in [0.4, 0.5) is 15.3 Å². The van der Waals surface area contributed by atoms with Crippen molar-refractivity contribution in [2.24, 2.45) is 9.98 Å². The van der Waals surface area contributed by atoms with Crippen LogP contribution in [-0.4, -0.2) is 68.8 Å². The van der Waals surface area contributed by atoms with Crippen molar-refractivity contribution in [3.05, 3.63) is 83.1 Å². The van der Waals surface area contributed by atoms with Crippen LogP contribution in [0.15, 0.2) is 70.8 Å². The first-order valence-electron chi connectivity index (χ1n) is 21.4. The number of likely N-dealkylation sites (tertiary alicyclic amines) is 2. The van der Waals surface area contributed by atoms with Crippen molar-refractivity contribution in [3.8, 4) is 22.3 Å². The molecule has 2 saturated heterocycles. The summed E-state index contributed by atoms with van der Waals surface area (Å²) >= 11 is 0. The molecule has 2 bridgehead atoms. The van der Waals surface area contributed by atoms with E-state index in [2.05, 4.69) is 68.4 Å². The Balaban J connectivity index is 0.924. The molecular weight excluding hydrogens is 709 g/mol. The van der Waals surface area contributed by atoms with E-state index in [1.165, 1.54) is 58.2 Å². The van der Waals surface area contributed by atoms with Gasteiger partial charge in [0.25, 0.3) is 0 Å². The highest BCUT2D eigenvalue weighted by Gasteiger charge is 2.43. The highest BCUT2D eigenvalue weighted by Crippen LogP contribution is 2.58. The number of carbonyl (C=O) groups excluding carboxylic acids is 2. The summed E-state index contributed by atoms with van der Waals surface area (Å²) in [4.78, 5) is 40.3. The third-order valence-corrected chi connectivity index (χ3v) is 13.2. The van der Waals surface area contributed by atoms with Crippen LogP contribution in [0.1, 0.15) is 141 Å². The number of carbonyl (C=O) groups is 2. The molecule has 2 aliphatic carbocycles. The fourth-order valence-electron chi connectivity index (χ4n) is 10.7. The van der Waals surface area contributed by atoms with E-state index in [4.69, 9.17) is 19.5 Å². The summed E-state index contributed by atoms with van der Waals surface area (Å²) in [6, 6.07) is 20.8. The molecule has 0 radical (unpaired) electrons. The molecule has 0 N–H and O–H groups in total. The minimum atomic E-state index is -0.533. The number of ether oxygens (including phenoxy) is 2. The van der Waals surface area contributed by atoms with E-state index in [0.717, 1.165) is 55.6 Å². The first kappa shape index (κ1) is 37.8. The second-order valence-electron chi connectivity index (χ2n) is 19.5. The molecule has 1 saturated carbocycles. The highest BCUT2D eigenvalue weighted by atomic mass is 16.6. The Labute approximate surface area is 338 Å². The molecule has 9 rings (SSSR count). The second-order valence-corrected chi connectivity index (χ2v) is 19.5. The van der Waals surface area contributed by atoms with Crippen LogP contribution in [0.5, 0.6) is 0 Å². The molecule has 298 valence electrons. The molecule has 3 fully saturated rings. The zero-order valence-electron chi connectivity index (χ0n) is 35.0. The van der Waals surface area contributed by atoms with E-state index in [1.54, 1.807) is 11.1 Å². The van der Waals surface area contributed by atoms with Crippen molar-refractivity contribution in [1.82, 2.24) is 9.80 Å². The number of aliphatic imine (C=N–C) groups is 2. The SMILES string of the molecule is C[C@H]1CC[C@@H](C2=NC=C(c3ccc(-c4ccc(-c5ccc6c(c5)CC([C@@H]5CC[C@H](C)N5C(=O)OC(C)(C)C)=N6)c5c4C4CCC5C4)cc3)C2)N1C(=O)OC(C)(C)C. The number of hydrogen-bond acceptors (Lipinski definition) is 6. The van der Waals surface area contributed by atoms with Crippen molar-refractivity contribution < 1.29 is 19.1 Å². The summed E-state index contributed by atoms with van der Waals surface area (Å²) in [5, 5.41) is 0. The van der Waals surface area contributed by atoms with Gasteiger partial charge < -0.3 is 9.47 Å². The summed E-state index contributed by atoms with van der Waals surface area (Å²) in [6.07, 6.45) is 10.5. The van der Waals surface area contributed by atoms with Gasteiger partial charge in [-0.2, -0.15) is 0 Å². The molecule has 6 atom stereocenters. The average molecular weight is 767 g/mol. The first-order chi connectivity index (χ1) is 27.1. The number of allylic oxidation sites excluding steroid dienone is 1. The van der Waals surface area contributed by atoms with Gasteiger partial charge in [-0.3, -0.25) is 19.8 Å². The maximum Gasteiger partial charge on any atom is 0.411 e. The molecule has 3 aromatic rings. The highest BCUT2D eigenvalue weighted by molar-refractivity contribution is 6.03. The first-order valence-corrected chi connectivity index (χ1v) is 21.4. The van der Waals surface area contributed by atoms with Gasteiger partial charge in [0.05, 0.1) is 17.8 Å². The number of nitrogens with zero attached hydrogens (tertiary/aromatic N) is 4. The van der Waals surface area contributed by atoms with Gasteiger partial charge in [0.15, 0.2) is 0 Å². The second kappa shape index (κ2) is 14.0. The van der Waals surface area contributed by atoms with Crippen LogP contribution < -0.4 is 0 Å². The lowest BCUT2D eigenvalue weighted by Gasteiger charge is -2.31. The number of rotatable bonds is 5. The van der Waals surface area contributed by atoms with Crippen LogP contribution in [0, 0.1) is 0 Å². The van der Waals surface area contributed by atoms with Crippen molar-refractivity contribution in [3.63, 3.8) is 0 Å². The quantitative estimate of drug-likeness (QED) is 0.259. The Hall–Kier alpha value is -4.72. The minimum absolute atomic E-state index is 0.0229. The van der Waals surface area contributed by atoms with Crippen molar-refractivity contribution >= 4 is 34.9 Å². The largest absolute Gasteiger partial charge is 0.444 e. The fourth-order valence-corrected chi connectivity index (χ4v) is 10.7. The Morgan fingerprint density at radius 3 is 1.74 bits per heavy atom. The Morgan fingerprint density at radius 1 is 0.632 bits per heavy atom. The molecule has 6 aliphatic rings. The van der Waals surface area contributed by atoms with Gasteiger partial charge in [-0.25, -0.2) is 9.59 Å². The number of benzene rings is 3. The summed E-state index contributed by atoms with van der Waals surface area (Å²) in [5.74, 6) is 1.20. The summed E-state index contributed by atoms with van der Waals surface area (Å²) < 4.78 is 11.6. The molecule has 4 heterocycles. The average Bonchev–Trinajstić information content (AvgIpc) is 4.00. The molecule has 8 heteroatoms. The van der Waals surface area contributed by atoms with Crippen LogP contribution in [0.25, 0.3) is 27.8 Å². The Morgan fingerprint density at radius 2 is 1.16 bits per heavy atom. The smallest absolute Gasteiger partial charge is 0.411 e. The molecule has 8 nitrogen and oxygen atoms in total. The number of hydrogen-bond donors (Lipinski definition) is 0. The lowest BCUT2D eigenvalue weighted by molar-refractivity contribution is 0.0194. The molecule has 2 unspecified atom stereocenters. The van der Waals surface area contributed by atoms with Crippen LogP contribution in [0.3, 0.4) is 0 Å². The summed E-state index contributed by atoms with van der Waals surface area (Å²) in [7, 11) is 0. The monoisotopic (exact) mass is 766 g/mol. The lowest BCUT2D eigenvalue weighted by Crippen LogP contribution is -2.46. The minimum Gasteiger partial charge on any atom is -0.444 e. The van der Waals surface area contributed by atoms with Crippen LogP contribution in [-0.2, 0) is 15.9 Å². The van der Waals surface area contributed by atoms with E-state index in [-0.39, 0.29) is 36.4 Å². The van der Waals surface area contributed by atoms with Gasteiger partial charge in [-0.1, -0.05) is 42.5 Å². The van der Waals surface area contributed by atoms with E-state index >= 15 is 0 Å². The van der Waals surface area contributed by atoms with Crippen LogP contribution in [0.2, 0.25) is 0 Å². The molecule has 4 aliphatic heterocycles. The molecule has 3 aromatic carbocycles. The van der Waals surface area contributed by atoms with Crippen LogP contribution >= 0.6 is 0 Å². The predicted molar refractivity (Wildman–Crippen MR) is 229 cm³/mol. The van der Waals surface area contributed by atoms with Gasteiger partial charge in [0.1, 0.15) is 11.2 Å². The molecule has 2 amide bonds. The van der Waals surface area contributed by atoms with Gasteiger partial charge in [-0.05, 0) is 174 Å². The van der Waals surface area contributed by atoms with E-state index in [1.807, 2.05) is 57.5 Å². The van der Waals surface area contributed by atoms with Crippen molar-refractivity contribution in [1.29, 1.82) is 0 Å². The number of fused-ring (bicyclic) bond motifs is 6. The molecular formula is C49H58N4O4. The fraction of sp³-hybridized carbons (Fsp3) is 0.510. The standard InChI is InChI=1S/C49H58N4O4/c1-28-9-21-42(52(28)46(54)56-48(3,4)5)40-26-36(27-50-40)30-11-13-31(14-12-30)37-18-19-38(45-34-16-15-33(24-34)44(37)45)32-17-20-39-35(23-32)25-41(51-39)43-22-10-29(2)53(43)47(55)57-49(6,7)8/h11-14,17-20,23,27-29,33-34,42-43H,9-10,15-16,21-22,24-26H2,1-8H3/t28-,29-,33?,34?,42-,43-/m0/s1. The topological polar surface area (TPSA) is 83.8 Å². The maximum atomic E-state index is 13.3. The van der Waals surface area contributed by atoms with Gasteiger partial charge >= 0.3 is 12.2 Å².